The lowest BCUT2D eigenvalue weighted by molar-refractivity contribution is 0.464. The molecule has 1 aliphatic carbocycles. The maximum atomic E-state index is 12.5. The van der Waals surface area contributed by atoms with Crippen molar-refractivity contribution in [2.75, 3.05) is 0 Å². The van der Waals surface area contributed by atoms with Gasteiger partial charge in [-0.1, -0.05) is 18.9 Å². The summed E-state index contributed by atoms with van der Waals surface area (Å²) < 4.78 is 29.3. The van der Waals surface area contributed by atoms with Gasteiger partial charge in [-0.2, -0.15) is 5.10 Å². The zero-order chi connectivity index (χ0) is 15.6. The molecule has 2 aromatic rings. The molecule has 2 aromatic heterocycles. The zero-order valence-electron chi connectivity index (χ0n) is 12.6. The summed E-state index contributed by atoms with van der Waals surface area (Å²) in [5.74, 6) is 0. The lowest BCUT2D eigenvalue weighted by Gasteiger charge is -2.08. The number of nitrogens with zero attached hydrogens (tertiary/aromatic N) is 3. The Balaban J connectivity index is 1.77. The summed E-state index contributed by atoms with van der Waals surface area (Å²) in [6.07, 6.45) is 7.82. The first-order valence-corrected chi connectivity index (χ1v) is 9.00. The summed E-state index contributed by atoms with van der Waals surface area (Å²) in [5.41, 5.74) is 1.23. The normalized spacial score (nSPS) is 16.2. The second-order valence-corrected chi connectivity index (χ2v) is 7.38. The highest BCUT2D eigenvalue weighted by Crippen LogP contribution is 2.30. The number of hydrogen-bond donors (Lipinski definition) is 1. The van der Waals surface area contributed by atoms with E-state index in [-0.39, 0.29) is 11.4 Å². The van der Waals surface area contributed by atoms with E-state index in [9.17, 15) is 8.42 Å². The van der Waals surface area contributed by atoms with E-state index in [2.05, 4.69) is 14.8 Å². The SMILES string of the molecule is Cc1nn(C2CCCC2)cc1S(=O)(=O)NCc1ccccn1. The summed E-state index contributed by atoms with van der Waals surface area (Å²) in [6, 6.07) is 5.75. The molecule has 0 radical (unpaired) electrons. The summed E-state index contributed by atoms with van der Waals surface area (Å²) in [7, 11) is -3.57. The van der Waals surface area contributed by atoms with E-state index >= 15 is 0 Å². The van der Waals surface area contributed by atoms with Crippen molar-refractivity contribution in [2.45, 2.75) is 50.1 Å². The Morgan fingerprint density at radius 3 is 2.77 bits per heavy atom. The predicted octanol–water partition coefficient (Wildman–Crippen LogP) is 2.18. The molecular weight excluding hydrogens is 300 g/mol. The molecule has 118 valence electrons. The molecule has 22 heavy (non-hydrogen) atoms. The average molecular weight is 320 g/mol. The quantitative estimate of drug-likeness (QED) is 0.916. The summed E-state index contributed by atoms with van der Waals surface area (Å²) in [6.45, 7) is 1.91. The third-order valence-electron chi connectivity index (χ3n) is 4.03. The summed E-state index contributed by atoms with van der Waals surface area (Å²) in [4.78, 5) is 4.38. The Kier molecular flexibility index (Phi) is 4.26. The van der Waals surface area contributed by atoms with Crippen molar-refractivity contribution in [3.05, 3.63) is 42.0 Å². The Bertz CT molecular complexity index is 734. The number of rotatable bonds is 5. The van der Waals surface area contributed by atoms with Crippen molar-refractivity contribution in [2.24, 2.45) is 0 Å². The molecule has 7 heteroatoms. The molecule has 2 heterocycles. The first-order valence-electron chi connectivity index (χ1n) is 7.51. The number of aromatic nitrogens is 3. The van der Waals surface area contributed by atoms with Gasteiger partial charge in [0.1, 0.15) is 4.90 Å². The maximum Gasteiger partial charge on any atom is 0.244 e. The monoisotopic (exact) mass is 320 g/mol. The number of hydrogen-bond acceptors (Lipinski definition) is 4. The zero-order valence-corrected chi connectivity index (χ0v) is 13.4. The van der Waals surface area contributed by atoms with Gasteiger partial charge in [-0.15, -0.1) is 0 Å². The fraction of sp³-hybridized carbons (Fsp3) is 0.467. The van der Waals surface area contributed by atoms with Crippen LogP contribution in [0.25, 0.3) is 0 Å². The van der Waals surface area contributed by atoms with Crippen LogP contribution in [0.1, 0.15) is 43.1 Å². The van der Waals surface area contributed by atoms with E-state index < -0.39 is 10.0 Å². The van der Waals surface area contributed by atoms with Gasteiger partial charge in [-0.05, 0) is 31.9 Å². The van der Waals surface area contributed by atoms with Gasteiger partial charge in [-0.3, -0.25) is 9.67 Å². The van der Waals surface area contributed by atoms with Gasteiger partial charge in [-0.25, -0.2) is 13.1 Å². The summed E-state index contributed by atoms with van der Waals surface area (Å²) >= 11 is 0. The molecule has 1 N–H and O–H groups in total. The number of sulfonamides is 1. The van der Waals surface area contributed by atoms with Gasteiger partial charge in [0.15, 0.2) is 0 Å². The number of pyridine rings is 1. The Hall–Kier alpha value is -1.73. The fourth-order valence-corrected chi connectivity index (χ4v) is 4.00. The predicted molar refractivity (Wildman–Crippen MR) is 82.7 cm³/mol. The molecule has 6 nitrogen and oxygen atoms in total. The molecule has 0 spiro atoms. The minimum absolute atomic E-state index is 0.178. The molecule has 0 unspecified atom stereocenters. The highest BCUT2D eigenvalue weighted by Gasteiger charge is 2.24. The number of nitrogens with one attached hydrogen (secondary N) is 1. The van der Waals surface area contributed by atoms with Crippen LogP contribution in [-0.2, 0) is 16.6 Å². The molecule has 0 bridgehead atoms. The van der Waals surface area contributed by atoms with Crippen molar-refractivity contribution in [3.63, 3.8) is 0 Å². The maximum absolute atomic E-state index is 12.5. The van der Waals surface area contributed by atoms with Crippen molar-refractivity contribution in [1.29, 1.82) is 0 Å². The van der Waals surface area contributed by atoms with Gasteiger partial charge in [0, 0.05) is 12.4 Å². The lowest BCUT2D eigenvalue weighted by atomic mass is 10.3. The van der Waals surface area contributed by atoms with Crippen molar-refractivity contribution >= 4 is 10.0 Å². The average Bonchev–Trinajstić information content (AvgIpc) is 3.15. The van der Waals surface area contributed by atoms with E-state index in [0.29, 0.717) is 17.4 Å². The third-order valence-corrected chi connectivity index (χ3v) is 5.53. The smallest absolute Gasteiger partial charge is 0.244 e. The van der Waals surface area contributed by atoms with E-state index in [1.807, 2.05) is 10.7 Å². The molecule has 0 atom stereocenters. The van der Waals surface area contributed by atoms with Gasteiger partial charge in [0.2, 0.25) is 10.0 Å². The molecule has 0 saturated heterocycles. The van der Waals surface area contributed by atoms with Crippen LogP contribution in [0.5, 0.6) is 0 Å². The Morgan fingerprint density at radius 2 is 2.09 bits per heavy atom. The van der Waals surface area contributed by atoms with Crippen LogP contribution in [-0.4, -0.2) is 23.2 Å². The van der Waals surface area contributed by atoms with Crippen LogP contribution >= 0.6 is 0 Å². The molecule has 1 aliphatic rings. The van der Waals surface area contributed by atoms with Gasteiger partial charge >= 0.3 is 0 Å². The summed E-state index contributed by atoms with van der Waals surface area (Å²) in [5, 5.41) is 4.40. The molecule has 1 fully saturated rings. The van der Waals surface area contributed by atoms with Gasteiger partial charge in [0.05, 0.1) is 24.0 Å². The van der Waals surface area contributed by atoms with Crippen molar-refractivity contribution in [1.82, 2.24) is 19.5 Å². The van der Waals surface area contributed by atoms with Crippen LogP contribution in [0.4, 0.5) is 0 Å². The first-order chi connectivity index (χ1) is 10.6. The highest BCUT2D eigenvalue weighted by molar-refractivity contribution is 7.89. The Labute approximate surface area is 130 Å². The topological polar surface area (TPSA) is 76.9 Å². The minimum atomic E-state index is -3.57. The van der Waals surface area contributed by atoms with Crippen LogP contribution in [0.15, 0.2) is 35.5 Å². The molecule has 0 amide bonds. The minimum Gasteiger partial charge on any atom is -0.268 e. The molecule has 1 saturated carbocycles. The second-order valence-electron chi connectivity index (χ2n) is 5.64. The fourth-order valence-electron chi connectivity index (χ4n) is 2.83. The van der Waals surface area contributed by atoms with Gasteiger partial charge in [0.25, 0.3) is 0 Å². The molecule has 0 aromatic carbocycles. The van der Waals surface area contributed by atoms with Gasteiger partial charge < -0.3 is 0 Å². The highest BCUT2D eigenvalue weighted by atomic mass is 32.2. The first kappa shape index (κ1) is 15.2. The van der Waals surface area contributed by atoms with Crippen molar-refractivity contribution in [3.8, 4) is 0 Å². The van der Waals surface area contributed by atoms with Crippen LogP contribution in [0, 0.1) is 6.92 Å². The molecule has 3 rings (SSSR count). The molecule has 0 aliphatic heterocycles. The van der Waals surface area contributed by atoms with Crippen LogP contribution in [0.2, 0.25) is 0 Å². The van der Waals surface area contributed by atoms with E-state index in [4.69, 9.17) is 0 Å². The van der Waals surface area contributed by atoms with E-state index in [1.54, 1.807) is 31.5 Å². The lowest BCUT2D eigenvalue weighted by Crippen LogP contribution is -2.24. The van der Waals surface area contributed by atoms with E-state index in [0.717, 1.165) is 12.8 Å². The van der Waals surface area contributed by atoms with Crippen molar-refractivity contribution < 1.29 is 8.42 Å². The van der Waals surface area contributed by atoms with Crippen LogP contribution < -0.4 is 4.72 Å². The van der Waals surface area contributed by atoms with Crippen LogP contribution in [0.3, 0.4) is 0 Å². The largest absolute Gasteiger partial charge is 0.268 e. The standard InChI is InChI=1S/C15H20N4O2S/c1-12-15(11-19(18-12)14-7-2-3-8-14)22(20,21)17-10-13-6-4-5-9-16-13/h4-6,9,11,14,17H,2-3,7-8,10H2,1H3. The third kappa shape index (κ3) is 3.20. The molecular formula is C15H20N4O2S. The Morgan fingerprint density at radius 1 is 1.32 bits per heavy atom. The number of aryl methyl sites for hydroxylation is 1. The van der Waals surface area contributed by atoms with E-state index in [1.165, 1.54) is 12.8 Å². The second kappa shape index (κ2) is 6.18.